The van der Waals surface area contributed by atoms with Crippen LogP contribution >= 0.6 is 11.3 Å². The maximum atomic E-state index is 5.73. The molecule has 0 aliphatic heterocycles. The molecule has 0 amide bonds. The van der Waals surface area contributed by atoms with Crippen LogP contribution in [0.5, 0.6) is 0 Å². The molecule has 0 aliphatic carbocycles. The van der Waals surface area contributed by atoms with Gasteiger partial charge in [-0.05, 0) is 13.8 Å². The first-order valence-electron chi connectivity index (χ1n) is 5.59. The minimum absolute atomic E-state index is 0.305. The number of rotatable bonds is 5. The Balaban J connectivity index is 2.43. The standard InChI is InChI=1S/C12H20N4S/c1-8(2)5-15-12(13)16-6-9(3)11-14-7-10(4)17-11/h7,9H,1,5-6H2,2-4H3,(H3,13,15,16). The van der Waals surface area contributed by atoms with E-state index in [1.807, 2.05) is 13.1 Å². The van der Waals surface area contributed by atoms with E-state index >= 15 is 0 Å². The van der Waals surface area contributed by atoms with Crippen LogP contribution in [0, 0.1) is 6.92 Å². The quantitative estimate of drug-likeness (QED) is 0.479. The van der Waals surface area contributed by atoms with Gasteiger partial charge in [-0.15, -0.1) is 11.3 Å². The molecule has 17 heavy (non-hydrogen) atoms. The van der Waals surface area contributed by atoms with E-state index in [2.05, 4.69) is 35.7 Å². The van der Waals surface area contributed by atoms with Crippen LogP contribution in [-0.2, 0) is 0 Å². The zero-order chi connectivity index (χ0) is 12.8. The number of aliphatic imine (C=N–C) groups is 1. The van der Waals surface area contributed by atoms with Crippen molar-refractivity contribution in [1.82, 2.24) is 10.3 Å². The molecule has 3 N–H and O–H groups in total. The maximum absolute atomic E-state index is 5.73. The molecule has 5 heteroatoms. The summed E-state index contributed by atoms with van der Waals surface area (Å²) in [4.78, 5) is 9.86. The average Bonchev–Trinajstić information content (AvgIpc) is 2.70. The van der Waals surface area contributed by atoms with Crippen LogP contribution < -0.4 is 11.1 Å². The number of nitrogens with two attached hydrogens (primary N) is 1. The van der Waals surface area contributed by atoms with Gasteiger partial charge in [0.25, 0.3) is 0 Å². The van der Waals surface area contributed by atoms with Crippen LogP contribution in [-0.4, -0.2) is 24.0 Å². The van der Waals surface area contributed by atoms with Crippen molar-refractivity contribution in [3.05, 3.63) is 28.2 Å². The molecular weight excluding hydrogens is 232 g/mol. The van der Waals surface area contributed by atoms with E-state index in [9.17, 15) is 0 Å². The number of thiazole rings is 1. The summed E-state index contributed by atoms with van der Waals surface area (Å²) in [7, 11) is 0. The fourth-order valence-electron chi connectivity index (χ4n) is 1.21. The number of guanidine groups is 1. The molecule has 0 saturated carbocycles. The molecule has 1 aromatic heterocycles. The van der Waals surface area contributed by atoms with Gasteiger partial charge in [-0.25, -0.2) is 4.98 Å². The zero-order valence-electron chi connectivity index (χ0n) is 10.7. The molecule has 1 unspecified atom stereocenters. The lowest BCUT2D eigenvalue weighted by Gasteiger charge is -2.07. The molecule has 0 saturated heterocycles. The molecule has 1 aromatic rings. The molecule has 4 nitrogen and oxygen atoms in total. The number of nitrogens with one attached hydrogen (secondary N) is 1. The third kappa shape index (κ3) is 4.99. The Bertz CT molecular complexity index is 408. The largest absolute Gasteiger partial charge is 0.370 e. The number of aryl methyl sites for hydroxylation is 1. The van der Waals surface area contributed by atoms with E-state index in [0.29, 0.717) is 25.0 Å². The molecule has 94 valence electrons. The van der Waals surface area contributed by atoms with Crippen molar-refractivity contribution in [2.75, 3.05) is 13.1 Å². The van der Waals surface area contributed by atoms with Crippen molar-refractivity contribution >= 4 is 17.3 Å². The van der Waals surface area contributed by atoms with Gasteiger partial charge in [0.15, 0.2) is 5.96 Å². The molecule has 0 aromatic carbocycles. The first-order valence-corrected chi connectivity index (χ1v) is 6.41. The second-order valence-corrected chi connectivity index (χ2v) is 5.51. The van der Waals surface area contributed by atoms with Crippen molar-refractivity contribution in [3.8, 4) is 0 Å². The minimum atomic E-state index is 0.305. The van der Waals surface area contributed by atoms with Crippen LogP contribution in [0.25, 0.3) is 0 Å². The van der Waals surface area contributed by atoms with Crippen molar-refractivity contribution in [2.45, 2.75) is 26.7 Å². The van der Waals surface area contributed by atoms with Gasteiger partial charge in [0.1, 0.15) is 0 Å². The number of hydrogen-bond donors (Lipinski definition) is 2. The van der Waals surface area contributed by atoms with Gasteiger partial charge in [-0.1, -0.05) is 19.1 Å². The third-order valence-corrected chi connectivity index (χ3v) is 3.31. The summed E-state index contributed by atoms with van der Waals surface area (Å²) < 4.78 is 0. The fraction of sp³-hybridized carbons (Fsp3) is 0.500. The third-order valence-electron chi connectivity index (χ3n) is 2.17. The Hall–Kier alpha value is -1.36. The van der Waals surface area contributed by atoms with Crippen LogP contribution in [0.2, 0.25) is 0 Å². The lowest BCUT2D eigenvalue weighted by molar-refractivity contribution is 0.760. The van der Waals surface area contributed by atoms with Gasteiger partial charge in [-0.3, -0.25) is 4.99 Å². The van der Waals surface area contributed by atoms with Crippen molar-refractivity contribution in [1.29, 1.82) is 0 Å². The highest BCUT2D eigenvalue weighted by molar-refractivity contribution is 7.11. The summed E-state index contributed by atoms with van der Waals surface area (Å²) in [5.74, 6) is 0.770. The maximum Gasteiger partial charge on any atom is 0.188 e. The summed E-state index contributed by atoms with van der Waals surface area (Å²) in [6, 6.07) is 0. The predicted molar refractivity (Wildman–Crippen MR) is 74.6 cm³/mol. The Labute approximate surface area is 107 Å². The van der Waals surface area contributed by atoms with Crippen molar-refractivity contribution in [2.24, 2.45) is 10.7 Å². The van der Waals surface area contributed by atoms with E-state index in [0.717, 1.165) is 10.6 Å². The van der Waals surface area contributed by atoms with Crippen LogP contribution in [0.3, 0.4) is 0 Å². The van der Waals surface area contributed by atoms with Crippen LogP contribution in [0.4, 0.5) is 0 Å². The van der Waals surface area contributed by atoms with E-state index < -0.39 is 0 Å². The van der Waals surface area contributed by atoms with Crippen molar-refractivity contribution in [3.63, 3.8) is 0 Å². The molecular formula is C12H20N4S. The molecule has 0 fully saturated rings. The molecule has 0 spiro atoms. The monoisotopic (exact) mass is 252 g/mol. The van der Waals surface area contributed by atoms with E-state index in [4.69, 9.17) is 5.73 Å². The van der Waals surface area contributed by atoms with Gasteiger partial charge in [0.2, 0.25) is 0 Å². The van der Waals surface area contributed by atoms with Gasteiger partial charge >= 0.3 is 0 Å². The Kier molecular flexibility index (Phi) is 5.15. The molecule has 0 radical (unpaired) electrons. The number of nitrogens with zero attached hydrogens (tertiary/aromatic N) is 2. The minimum Gasteiger partial charge on any atom is -0.370 e. The summed E-state index contributed by atoms with van der Waals surface area (Å²) >= 11 is 1.71. The van der Waals surface area contributed by atoms with E-state index in [1.54, 1.807) is 11.3 Å². The topological polar surface area (TPSA) is 63.3 Å². The second kappa shape index (κ2) is 6.39. The summed E-state index contributed by atoms with van der Waals surface area (Å²) in [5.41, 5.74) is 6.77. The zero-order valence-corrected chi connectivity index (χ0v) is 11.5. The highest BCUT2D eigenvalue weighted by Gasteiger charge is 2.08. The molecule has 1 atom stereocenters. The van der Waals surface area contributed by atoms with E-state index in [-0.39, 0.29) is 0 Å². The lowest BCUT2D eigenvalue weighted by atomic mass is 10.2. The second-order valence-electron chi connectivity index (χ2n) is 4.25. The SMILES string of the molecule is C=C(C)CNC(N)=NCC(C)c1ncc(C)s1. The first kappa shape index (κ1) is 13.7. The van der Waals surface area contributed by atoms with Gasteiger partial charge in [0, 0.05) is 23.5 Å². The summed E-state index contributed by atoms with van der Waals surface area (Å²) in [6.07, 6.45) is 1.89. The molecule has 0 aliphatic rings. The summed E-state index contributed by atoms with van der Waals surface area (Å²) in [5, 5.41) is 4.12. The number of aromatic nitrogens is 1. The summed E-state index contributed by atoms with van der Waals surface area (Å²) in [6.45, 7) is 11.2. The van der Waals surface area contributed by atoms with Gasteiger partial charge in [0.05, 0.1) is 11.6 Å². The van der Waals surface area contributed by atoms with E-state index in [1.165, 1.54) is 4.88 Å². The molecule has 0 bridgehead atoms. The molecule has 1 heterocycles. The van der Waals surface area contributed by atoms with Crippen LogP contribution in [0.1, 0.15) is 29.7 Å². The number of hydrogen-bond acceptors (Lipinski definition) is 3. The highest BCUT2D eigenvalue weighted by atomic mass is 32.1. The highest BCUT2D eigenvalue weighted by Crippen LogP contribution is 2.20. The average molecular weight is 252 g/mol. The smallest absolute Gasteiger partial charge is 0.188 e. The fourth-order valence-corrected chi connectivity index (χ4v) is 2.03. The molecule has 1 rings (SSSR count). The first-order chi connectivity index (χ1) is 7.99. The Morgan fingerprint density at radius 2 is 2.41 bits per heavy atom. The predicted octanol–water partition coefficient (Wildman–Crippen LogP) is 2.04. The lowest BCUT2D eigenvalue weighted by Crippen LogP contribution is -2.33. The Morgan fingerprint density at radius 1 is 1.71 bits per heavy atom. The Morgan fingerprint density at radius 3 is 2.94 bits per heavy atom. The van der Waals surface area contributed by atoms with Gasteiger partial charge < -0.3 is 11.1 Å². The van der Waals surface area contributed by atoms with Crippen molar-refractivity contribution < 1.29 is 0 Å². The van der Waals surface area contributed by atoms with Crippen LogP contribution in [0.15, 0.2) is 23.3 Å². The normalized spacial score (nSPS) is 13.5. The van der Waals surface area contributed by atoms with Gasteiger partial charge in [-0.2, -0.15) is 0 Å².